The van der Waals surface area contributed by atoms with Crippen molar-refractivity contribution in [3.05, 3.63) is 60.2 Å². The summed E-state index contributed by atoms with van der Waals surface area (Å²) in [6.07, 6.45) is -3.24. The van der Waals surface area contributed by atoms with Crippen LogP contribution in [0.5, 0.6) is 0 Å². The summed E-state index contributed by atoms with van der Waals surface area (Å²) < 4.78 is 63.1. The van der Waals surface area contributed by atoms with Crippen LogP contribution < -0.4 is 10.2 Å². The van der Waals surface area contributed by atoms with Crippen molar-refractivity contribution in [1.29, 1.82) is 0 Å². The molecule has 0 aliphatic heterocycles. The molecule has 0 unspecified atom stereocenters. The van der Waals surface area contributed by atoms with E-state index in [2.05, 4.69) is 9.97 Å². The zero-order chi connectivity index (χ0) is 22.4. The van der Waals surface area contributed by atoms with Gasteiger partial charge in [-0.15, -0.1) is 0 Å². The van der Waals surface area contributed by atoms with Crippen molar-refractivity contribution in [3.63, 3.8) is 0 Å². The maximum atomic E-state index is 10.5. The molecule has 0 radical (unpaired) electrons. The van der Waals surface area contributed by atoms with Gasteiger partial charge in [0.05, 0.1) is 0 Å². The number of rotatable bonds is 0. The molecule has 13 heteroatoms. The minimum Gasteiger partial charge on any atom is -0.542 e. The fourth-order valence-electron chi connectivity index (χ4n) is 0.853. The second-order valence-electron chi connectivity index (χ2n) is 4.62. The predicted octanol–water partition coefficient (Wildman–Crippen LogP) is 1.37. The van der Waals surface area contributed by atoms with E-state index in [0.717, 1.165) is 0 Å². The summed E-state index contributed by atoms with van der Waals surface area (Å²) >= 11 is 0. The molecule has 2 aromatic rings. The maximum Gasteiger partial charge on any atom is 2.00 e. The van der Waals surface area contributed by atoms with Gasteiger partial charge >= 0.3 is 33.4 Å². The van der Waals surface area contributed by atoms with Crippen molar-refractivity contribution in [2.45, 2.75) is 26.2 Å². The number of alkyl halides is 6. The number of carboxylic acids is 2. The van der Waals surface area contributed by atoms with Crippen LogP contribution in [0, 0.1) is 13.8 Å². The summed E-state index contributed by atoms with van der Waals surface area (Å²) in [5.74, 6) is -6.01. The quantitative estimate of drug-likeness (QED) is 0.420. The Morgan fingerprint density at radius 2 is 0.862 bits per heavy atom. The number of aromatic nitrogens is 2. The third-order valence-corrected chi connectivity index (χ3v) is 2.16. The molecule has 0 saturated carbocycles. The van der Waals surface area contributed by atoms with Gasteiger partial charge in [0.15, 0.2) is 0 Å². The van der Waals surface area contributed by atoms with Crippen LogP contribution >= 0.6 is 0 Å². The van der Waals surface area contributed by atoms with Crippen LogP contribution in [-0.4, -0.2) is 34.3 Å². The summed E-state index contributed by atoms with van der Waals surface area (Å²) in [6.45, 7) is 4.09. The molecule has 2 rings (SSSR count). The van der Waals surface area contributed by atoms with Gasteiger partial charge in [-0.05, 0) is 49.2 Å². The normalized spacial score (nSPS) is 9.66. The minimum atomic E-state index is -5.19. The molecule has 0 aliphatic carbocycles. The molecule has 0 atom stereocenters. The first-order valence-corrected chi connectivity index (χ1v) is 6.97. The van der Waals surface area contributed by atoms with Gasteiger partial charge < -0.3 is 19.8 Å². The molecule has 0 saturated heterocycles. The molecule has 164 valence electrons. The van der Waals surface area contributed by atoms with Crippen LogP contribution in [-0.2, 0) is 30.7 Å². The molecule has 29 heavy (non-hydrogen) atoms. The van der Waals surface area contributed by atoms with Crippen molar-refractivity contribution in [1.82, 2.24) is 9.97 Å². The monoisotopic (exact) mass is 607 g/mol. The Morgan fingerprint density at radius 3 is 0.931 bits per heavy atom. The Kier molecular flexibility index (Phi) is 16.6. The molecule has 6 nitrogen and oxygen atoms in total. The first kappa shape index (κ1) is 31.2. The number of aryl methyl sites for hydroxylation is 2. The first-order valence-electron chi connectivity index (χ1n) is 6.97. The van der Waals surface area contributed by atoms with Crippen molar-refractivity contribution in [2.75, 3.05) is 0 Å². The van der Waals surface area contributed by atoms with Crippen LogP contribution in [0.3, 0.4) is 0 Å². The van der Waals surface area contributed by atoms with Gasteiger partial charge in [-0.2, -0.15) is 26.3 Å². The van der Waals surface area contributed by atoms with Crippen LogP contribution in [0.15, 0.2) is 49.1 Å². The largest absolute Gasteiger partial charge is 2.00 e. The maximum absolute atomic E-state index is 10.5. The Morgan fingerprint density at radius 1 is 0.690 bits per heavy atom. The van der Waals surface area contributed by atoms with Gasteiger partial charge in [-0.1, -0.05) is 0 Å². The Labute approximate surface area is 175 Å². The molecule has 0 bridgehead atoms. The molecular weight excluding hydrogens is 593 g/mol. The van der Waals surface area contributed by atoms with E-state index >= 15 is 0 Å². The van der Waals surface area contributed by atoms with E-state index in [9.17, 15) is 26.3 Å². The van der Waals surface area contributed by atoms with E-state index in [-0.39, 0.29) is 21.1 Å². The zero-order valence-corrected chi connectivity index (χ0v) is 17.0. The van der Waals surface area contributed by atoms with Crippen LogP contribution in [0.4, 0.5) is 26.3 Å². The van der Waals surface area contributed by atoms with Gasteiger partial charge in [0.25, 0.3) is 0 Å². The number of halogens is 6. The summed E-state index contributed by atoms with van der Waals surface area (Å²) in [6, 6.07) is 7.89. The molecule has 0 N–H and O–H groups in total. The Bertz CT molecular complexity index is 637. The number of pyridine rings is 2. The number of nitrogens with zero attached hydrogens (tertiary/aromatic N) is 2. The molecule has 0 spiro atoms. The second kappa shape index (κ2) is 15.4. The van der Waals surface area contributed by atoms with Crippen molar-refractivity contribution in [3.8, 4) is 0 Å². The van der Waals surface area contributed by atoms with Crippen LogP contribution in [0.25, 0.3) is 0 Å². The van der Waals surface area contributed by atoms with Crippen molar-refractivity contribution in [2.24, 2.45) is 0 Å². The van der Waals surface area contributed by atoms with E-state index in [1.54, 1.807) is 24.8 Å². The number of carbonyl (C=O) groups excluding carboxylic acids is 2. The van der Waals surface area contributed by atoms with Crippen molar-refractivity contribution < 1.29 is 67.2 Å². The predicted molar refractivity (Wildman–Crippen MR) is 80.1 cm³/mol. The molecule has 0 fully saturated rings. The molecule has 2 heterocycles. The summed E-state index contributed by atoms with van der Waals surface area (Å²) in [5, 5.41) is 17.6. The van der Waals surface area contributed by atoms with Gasteiger partial charge in [0.2, 0.25) is 0 Å². The average Bonchev–Trinajstić information content (AvgIpc) is 2.56. The van der Waals surface area contributed by atoms with Gasteiger partial charge in [0, 0.05) is 24.8 Å². The fraction of sp³-hybridized carbons (Fsp3) is 0.250. The standard InChI is InChI=1S/2C6H7N.2C2HF3O2.Pt/c2*1-6-2-4-7-5-3-6;2*3-2(4,5)1(6)7;/h2*2-5H,1H3;2*(H,6,7);/q;;;;+2/p-2. The number of aliphatic carboxylic acids is 2. The zero-order valence-electron chi connectivity index (χ0n) is 14.7. The third-order valence-electron chi connectivity index (χ3n) is 2.16. The Hall–Kier alpha value is -2.49. The smallest absolute Gasteiger partial charge is 0.542 e. The van der Waals surface area contributed by atoms with E-state index in [4.69, 9.17) is 19.8 Å². The van der Waals surface area contributed by atoms with Crippen LogP contribution in [0.1, 0.15) is 11.1 Å². The van der Waals surface area contributed by atoms with E-state index in [1.165, 1.54) is 11.1 Å². The van der Waals surface area contributed by atoms with E-state index in [0.29, 0.717) is 0 Å². The van der Waals surface area contributed by atoms with E-state index in [1.807, 2.05) is 38.1 Å². The number of hydrogen-bond donors (Lipinski definition) is 0. The van der Waals surface area contributed by atoms with E-state index < -0.39 is 24.3 Å². The fourth-order valence-corrected chi connectivity index (χ4v) is 0.853. The third kappa shape index (κ3) is 21.7. The van der Waals surface area contributed by atoms with Crippen LogP contribution in [0.2, 0.25) is 0 Å². The Balaban J connectivity index is -0.000000307. The summed E-state index contributed by atoms with van der Waals surface area (Å²) in [4.78, 5) is 25.3. The van der Waals surface area contributed by atoms with Gasteiger partial charge in [-0.25, -0.2) is 0 Å². The van der Waals surface area contributed by atoms with Crippen molar-refractivity contribution >= 4 is 11.9 Å². The number of carbonyl (C=O) groups is 2. The molecular formula is C16H14F6N2O4Pt. The number of carboxylic acid groups (broad SMARTS) is 2. The first-order chi connectivity index (χ1) is 12.7. The second-order valence-corrected chi connectivity index (χ2v) is 4.62. The van der Waals surface area contributed by atoms with Gasteiger partial charge in [-0.3, -0.25) is 9.97 Å². The van der Waals surface area contributed by atoms with Gasteiger partial charge in [0.1, 0.15) is 11.9 Å². The molecule has 0 amide bonds. The topological polar surface area (TPSA) is 106 Å². The average molecular weight is 607 g/mol. The SMILES string of the molecule is Cc1ccncc1.Cc1ccncc1.O=C([O-])C(F)(F)F.O=C([O-])C(F)(F)F.[Pt+2]. The number of hydrogen-bond acceptors (Lipinski definition) is 6. The molecule has 2 aromatic heterocycles. The molecule has 0 aromatic carbocycles. The minimum absolute atomic E-state index is 0. The summed E-state index contributed by atoms with van der Waals surface area (Å²) in [7, 11) is 0. The summed E-state index contributed by atoms with van der Waals surface area (Å²) in [5.41, 5.74) is 2.52. The molecule has 0 aliphatic rings.